The van der Waals surface area contributed by atoms with E-state index in [-0.39, 0.29) is 24.2 Å². The molecule has 2 aliphatic rings. The fourth-order valence-corrected chi connectivity index (χ4v) is 4.20. The summed E-state index contributed by atoms with van der Waals surface area (Å²) in [6.07, 6.45) is 0.286. The van der Waals surface area contributed by atoms with Crippen molar-refractivity contribution in [2.24, 2.45) is 5.92 Å². The summed E-state index contributed by atoms with van der Waals surface area (Å²) in [4.78, 5) is 29.3. The number of hydrogen-bond donors (Lipinski definition) is 1. The van der Waals surface area contributed by atoms with E-state index in [1.165, 1.54) is 11.1 Å². The van der Waals surface area contributed by atoms with E-state index in [2.05, 4.69) is 22.3 Å². The Balaban J connectivity index is 1.27. The zero-order valence-electron chi connectivity index (χ0n) is 18.2. The molecule has 6 heteroatoms. The number of nitrogens with one attached hydrogen (secondary N) is 1. The monoisotopic (exact) mass is 421 g/mol. The number of ether oxygens (including phenoxy) is 1. The summed E-state index contributed by atoms with van der Waals surface area (Å²) >= 11 is 0. The van der Waals surface area contributed by atoms with E-state index in [0.717, 1.165) is 44.0 Å². The standard InChI is InChI=1S/C25H31N3O3/c1-19-5-7-20(8-6-19)17-28-18-23(14-24(28)29)25(30)26-15-21-3-2-4-22(13-21)16-27-9-11-31-12-10-27/h2-8,13,23H,9-12,14-18H2,1H3,(H,26,30). The van der Waals surface area contributed by atoms with E-state index in [0.29, 0.717) is 19.6 Å². The van der Waals surface area contributed by atoms with Crippen LogP contribution in [0.15, 0.2) is 48.5 Å². The molecule has 2 saturated heterocycles. The molecule has 0 spiro atoms. The number of carbonyl (C=O) groups excluding carboxylic acids is 2. The van der Waals surface area contributed by atoms with Gasteiger partial charge < -0.3 is 15.0 Å². The van der Waals surface area contributed by atoms with Crippen molar-refractivity contribution in [1.82, 2.24) is 15.1 Å². The fraction of sp³-hybridized carbons (Fsp3) is 0.440. The lowest BCUT2D eigenvalue weighted by molar-refractivity contribution is -0.129. The zero-order valence-corrected chi connectivity index (χ0v) is 18.2. The van der Waals surface area contributed by atoms with Gasteiger partial charge in [0.15, 0.2) is 0 Å². The summed E-state index contributed by atoms with van der Waals surface area (Å²) in [6, 6.07) is 16.5. The average molecular weight is 422 g/mol. The van der Waals surface area contributed by atoms with Gasteiger partial charge >= 0.3 is 0 Å². The molecule has 2 aliphatic heterocycles. The molecule has 1 atom stereocenters. The van der Waals surface area contributed by atoms with Crippen LogP contribution in [-0.2, 0) is 34.0 Å². The minimum atomic E-state index is -0.283. The molecule has 0 aliphatic carbocycles. The Labute approximate surface area is 184 Å². The topological polar surface area (TPSA) is 61.9 Å². The molecule has 0 aromatic heterocycles. The molecule has 2 amide bonds. The van der Waals surface area contributed by atoms with E-state index < -0.39 is 0 Å². The van der Waals surface area contributed by atoms with Crippen molar-refractivity contribution in [3.8, 4) is 0 Å². The lowest BCUT2D eigenvalue weighted by Gasteiger charge is -2.26. The van der Waals surface area contributed by atoms with Gasteiger partial charge in [0, 0.05) is 45.7 Å². The van der Waals surface area contributed by atoms with Gasteiger partial charge in [-0.3, -0.25) is 14.5 Å². The van der Waals surface area contributed by atoms with Gasteiger partial charge in [-0.15, -0.1) is 0 Å². The van der Waals surface area contributed by atoms with Crippen LogP contribution in [0.5, 0.6) is 0 Å². The van der Waals surface area contributed by atoms with E-state index in [1.807, 2.05) is 43.3 Å². The molecule has 6 nitrogen and oxygen atoms in total. The second kappa shape index (κ2) is 10.1. The molecule has 0 bridgehead atoms. The summed E-state index contributed by atoms with van der Waals surface area (Å²) in [5.74, 6) is -0.277. The largest absolute Gasteiger partial charge is 0.379 e. The summed E-state index contributed by atoms with van der Waals surface area (Å²) in [6.45, 7) is 7.96. The molecule has 4 rings (SSSR count). The molecule has 1 N–H and O–H groups in total. The van der Waals surface area contributed by atoms with Crippen molar-refractivity contribution in [2.75, 3.05) is 32.8 Å². The number of likely N-dealkylation sites (tertiary alicyclic amines) is 1. The van der Waals surface area contributed by atoms with Gasteiger partial charge in [-0.25, -0.2) is 0 Å². The Morgan fingerprint density at radius 2 is 1.77 bits per heavy atom. The van der Waals surface area contributed by atoms with Gasteiger partial charge in [0.25, 0.3) is 0 Å². The van der Waals surface area contributed by atoms with Crippen LogP contribution in [0.4, 0.5) is 0 Å². The number of benzene rings is 2. The SMILES string of the molecule is Cc1ccc(CN2CC(C(=O)NCc3cccc(CN4CCOCC4)c3)CC2=O)cc1. The first-order valence-electron chi connectivity index (χ1n) is 11.1. The molecular weight excluding hydrogens is 390 g/mol. The lowest BCUT2D eigenvalue weighted by Crippen LogP contribution is -2.35. The zero-order chi connectivity index (χ0) is 21.6. The number of morpholine rings is 1. The Kier molecular flexibility index (Phi) is 6.99. The normalized spacial score (nSPS) is 19.6. The highest BCUT2D eigenvalue weighted by molar-refractivity contribution is 5.89. The molecule has 2 fully saturated rings. The van der Waals surface area contributed by atoms with Crippen LogP contribution >= 0.6 is 0 Å². The summed E-state index contributed by atoms with van der Waals surface area (Å²) in [5, 5.41) is 3.03. The predicted octanol–water partition coefficient (Wildman–Crippen LogP) is 2.49. The van der Waals surface area contributed by atoms with Crippen LogP contribution in [0.2, 0.25) is 0 Å². The second-order valence-corrected chi connectivity index (χ2v) is 8.59. The Hall–Kier alpha value is -2.70. The van der Waals surface area contributed by atoms with Crippen molar-refractivity contribution in [3.05, 3.63) is 70.8 Å². The van der Waals surface area contributed by atoms with E-state index in [9.17, 15) is 9.59 Å². The molecule has 164 valence electrons. The third kappa shape index (κ3) is 5.93. The summed E-state index contributed by atoms with van der Waals surface area (Å²) in [5.41, 5.74) is 4.62. The molecular formula is C25H31N3O3. The minimum Gasteiger partial charge on any atom is -0.379 e. The second-order valence-electron chi connectivity index (χ2n) is 8.59. The molecule has 1 unspecified atom stereocenters. The Morgan fingerprint density at radius 3 is 2.55 bits per heavy atom. The first-order chi connectivity index (χ1) is 15.1. The van der Waals surface area contributed by atoms with E-state index >= 15 is 0 Å². The van der Waals surface area contributed by atoms with Gasteiger partial charge in [0.05, 0.1) is 19.1 Å². The van der Waals surface area contributed by atoms with Crippen LogP contribution in [0.1, 0.15) is 28.7 Å². The number of amides is 2. The molecule has 0 saturated carbocycles. The fourth-order valence-electron chi connectivity index (χ4n) is 4.20. The van der Waals surface area contributed by atoms with E-state index in [1.54, 1.807) is 4.90 Å². The Bertz CT molecular complexity index is 906. The van der Waals surface area contributed by atoms with Crippen LogP contribution in [0.3, 0.4) is 0 Å². The van der Waals surface area contributed by atoms with Crippen molar-refractivity contribution in [1.29, 1.82) is 0 Å². The van der Waals surface area contributed by atoms with Crippen LogP contribution in [0, 0.1) is 12.8 Å². The third-order valence-electron chi connectivity index (χ3n) is 6.05. The maximum absolute atomic E-state index is 12.7. The summed E-state index contributed by atoms with van der Waals surface area (Å²) < 4.78 is 5.41. The highest BCUT2D eigenvalue weighted by Crippen LogP contribution is 2.21. The van der Waals surface area contributed by atoms with Gasteiger partial charge in [-0.2, -0.15) is 0 Å². The number of nitrogens with zero attached hydrogens (tertiary/aromatic N) is 2. The highest BCUT2D eigenvalue weighted by atomic mass is 16.5. The number of carbonyl (C=O) groups is 2. The van der Waals surface area contributed by atoms with Gasteiger partial charge in [0.1, 0.15) is 0 Å². The van der Waals surface area contributed by atoms with Gasteiger partial charge in [0.2, 0.25) is 11.8 Å². The predicted molar refractivity (Wildman–Crippen MR) is 119 cm³/mol. The summed E-state index contributed by atoms with van der Waals surface area (Å²) in [7, 11) is 0. The van der Waals surface area contributed by atoms with Crippen molar-refractivity contribution < 1.29 is 14.3 Å². The van der Waals surface area contributed by atoms with Crippen LogP contribution < -0.4 is 5.32 Å². The van der Waals surface area contributed by atoms with Gasteiger partial charge in [-0.05, 0) is 23.6 Å². The maximum Gasteiger partial charge on any atom is 0.225 e. The van der Waals surface area contributed by atoms with Gasteiger partial charge in [-0.1, -0.05) is 54.1 Å². The number of hydrogen-bond acceptors (Lipinski definition) is 4. The number of aryl methyl sites for hydroxylation is 1. The Morgan fingerprint density at radius 1 is 1.03 bits per heavy atom. The molecule has 2 aromatic rings. The quantitative estimate of drug-likeness (QED) is 0.746. The van der Waals surface area contributed by atoms with Crippen LogP contribution in [0.25, 0.3) is 0 Å². The highest BCUT2D eigenvalue weighted by Gasteiger charge is 2.34. The molecule has 2 aromatic carbocycles. The third-order valence-corrected chi connectivity index (χ3v) is 6.05. The average Bonchev–Trinajstić information content (AvgIpc) is 3.15. The maximum atomic E-state index is 12.7. The first kappa shape index (κ1) is 21.5. The lowest BCUT2D eigenvalue weighted by atomic mass is 10.1. The first-order valence-corrected chi connectivity index (χ1v) is 11.1. The van der Waals surface area contributed by atoms with Crippen molar-refractivity contribution in [2.45, 2.75) is 33.0 Å². The molecule has 0 radical (unpaired) electrons. The minimum absolute atomic E-state index is 0.0432. The molecule has 31 heavy (non-hydrogen) atoms. The van der Waals surface area contributed by atoms with Crippen LogP contribution in [-0.4, -0.2) is 54.5 Å². The smallest absolute Gasteiger partial charge is 0.225 e. The van der Waals surface area contributed by atoms with Crippen molar-refractivity contribution in [3.63, 3.8) is 0 Å². The van der Waals surface area contributed by atoms with Crippen molar-refractivity contribution >= 4 is 11.8 Å². The molecule has 2 heterocycles. The number of rotatable bonds is 7. The van der Waals surface area contributed by atoms with E-state index in [4.69, 9.17) is 4.74 Å².